The minimum atomic E-state index is -0.183. The zero-order valence-corrected chi connectivity index (χ0v) is 8.17. The van der Waals surface area contributed by atoms with E-state index >= 15 is 0 Å². The van der Waals surface area contributed by atoms with Crippen molar-refractivity contribution in [3.05, 3.63) is 35.6 Å². The molecule has 0 radical (unpaired) electrons. The molecule has 0 unspecified atom stereocenters. The Balaban J connectivity index is 2.18. The van der Waals surface area contributed by atoms with Gasteiger partial charge in [-0.05, 0) is 43.6 Å². The molecule has 0 fully saturated rings. The number of aliphatic hydroxyl groups excluding tert-OH is 1. The van der Waals surface area contributed by atoms with Gasteiger partial charge in [0.25, 0.3) is 0 Å². The summed E-state index contributed by atoms with van der Waals surface area (Å²) in [5.74, 6) is -0.183. The second-order valence-electron chi connectivity index (χ2n) is 3.21. The molecule has 78 valence electrons. The molecule has 0 aliphatic heterocycles. The van der Waals surface area contributed by atoms with Gasteiger partial charge < -0.3 is 10.4 Å². The number of aliphatic hydroxyl groups is 1. The second-order valence-corrected chi connectivity index (χ2v) is 3.21. The van der Waals surface area contributed by atoms with Gasteiger partial charge in [0, 0.05) is 6.61 Å². The first-order valence-corrected chi connectivity index (χ1v) is 4.89. The fraction of sp³-hybridized carbons (Fsp3) is 0.455. The molecule has 0 aromatic heterocycles. The summed E-state index contributed by atoms with van der Waals surface area (Å²) < 4.78 is 12.7. The number of hydrogen-bond donors (Lipinski definition) is 2. The molecule has 0 amide bonds. The molecular weight excluding hydrogens is 181 g/mol. The Morgan fingerprint density at radius 2 is 2.14 bits per heavy atom. The quantitative estimate of drug-likeness (QED) is 0.674. The van der Waals surface area contributed by atoms with Crippen molar-refractivity contribution in [3.8, 4) is 0 Å². The van der Waals surface area contributed by atoms with Gasteiger partial charge in [-0.1, -0.05) is 12.1 Å². The van der Waals surface area contributed by atoms with Crippen molar-refractivity contribution in [2.24, 2.45) is 0 Å². The van der Waals surface area contributed by atoms with E-state index in [1.807, 2.05) is 6.07 Å². The van der Waals surface area contributed by atoms with Crippen LogP contribution < -0.4 is 5.32 Å². The molecule has 2 N–H and O–H groups in total. The largest absolute Gasteiger partial charge is 0.396 e. The van der Waals surface area contributed by atoms with Gasteiger partial charge in [-0.15, -0.1) is 0 Å². The number of halogens is 1. The third-order valence-corrected chi connectivity index (χ3v) is 1.99. The zero-order chi connectivity index (χ0) is 10.2. The van der Waals surface area contributed by atoms with E-state index in [0.29, 0.717) is 0 Å². The average Bonchev–Trinajstić information content (AvgIpc) is 2.18. The molecule has 0 bridgehead atoms. The SMILES string of the molecule is OCCCNCCc1cccc(F)c1. The Bertz CT molecular complexity index is 265. The molecule has 1 aromatic carbocycles. The maximum absolute atomic E-state index is 12.7. The lowest BCUT2D eigenvalue weighted by Crippen LogP contribution is -2.19. The number of rotatable bonds is 6. The van der Waals surface area contributed by atoms with Gasteiger partial charge in [-0.25, -0.2) is 4.39 Å². The molecular formula is C11H16FNO. The summed E-state index contributed by atoms with van der Waals surface area (Å²) in [7, 11) is 0. The highest BCUT2D eigenvalue weighted by molar-refractivity contribution is 5.16. The van der Waals surface area contributed by atoms with Crippen molar-refractivity contribution in [2.75, 3.05) is 19.7 Å². The first kappa shape index (κ1) is 11.1. The molecule has 2 nitrogen and oxygen atoms in total. The summed E-state index contributed by atoms with van der Waals surface area (Å²) in [5.41, 5.74) is 1.00. The molecule has 0 heterocycles. The average molecular weight is 197 g/mol. The van der Waals surface area contributed by atoms with Crippen LogP contribution in [0.4, 0.5) is 4.39 Å². The van der Waals surface area contributed by atoms with Gasteiger partial charge in [0.1, 0.15) is 5.82 Å². The fourth-order valence-electron chi connectivity index (χ4n) is 1.25. The van der Waals surface area contributed by atoms with E-state index in [1.165, 1.54) is 6.07 Å². The lowest BCUT2D eigenvalue weighted by Gasteiger charge is -2.03. The smallest absolute Gasteiger partial charge is 0.123 e. The van der Waals surface area contributed by atoms with E-state index in [9.17, 15) is 4.39 Å². The monoisotopic (exact) mass is 197 g/mol. The Hall–Kier alpha value is -0.930. The Morgan fingerprint density at radius 3 is 2.86 bits per heavy atom. The number of benzene rings is 1. The maximum atomic E-state index is 12.7. The number of hydrogen-bond acceptors (Lipinski definition) is 2. The summed E-state index contributed by atoms with van der Waals surface area (Å²) in [5, 5.41) is 11.7. The van der Waals surface area contributed by atoms with Gasteiger partial charge in [-0.2, -0.15) is 0 Å². The Kier molecular flexibility index (Phi) is 5.19. The van der Waals surface area contributed by atoms with Crippen LogP contribution in [0.1, 0.15) is 12.0 Å². The standard InChI is InChI=1S/C11H16FNO/c12-11-4-1-3-10(9-11)5-7-13-6-2-8-14/h1,3-4,9,13-14H,2,5-8H2. The Morgan fingerprint density at radius 1 is 1.29 bits per heavy atom. The summed E-state index contributed by atoms with van der Waals surface area (Å²) in [6, 6.07) is 6.63. The van der Waals surface area contributed by atoms with Crippen LogP contribution in [0.5, 0.6) is 0 Å². The normalized spacial score (nSPS) is 10.4. The van der Waals surface area contributed by atoms with Crippen molar-refractivity contribution < 1.29 is 9.50 Å². The molecule has 3 heteroatoms. The zero-order valence-electron chi connectivity index (χ0n) is 8.17. The van der Waals surface area contributed by atoms with Gasteiger partial charge in [-0.3, -0.25) is 0 Å². The van der Waals surface area contributed by atoms with Crippen LogP contribution in [0.15, 0.2) is 24.3 Å². The van der Waals surface area contributed by atoms with E-state index in [4.69, 9.17) is 5.11 Å². The van der Waals surface area contributed by atoms with Crippen molar-refractivity contribution in [3.63, 3.8) is 0 Å². The van der Waals surface area contributed by atoms with E-state index in [-0.39, 0.29) is 12.4 Å². The highest BCUT2D eigenvalue weighted by atomic mass is 19.1. The highest BCUT2D eigenvalue weighted by Crippen LogP contribution is 2.03. The van der Waals surface area contributed by atoms with Crippen LogP contribution in [0.2, 0.25) is 0 Å². The molecule has 0 aliphatic carbocycles. The molecule has 1 aromatic rings. The van der Waals surface area contributed by atoms with Crippen molar-refractivity contribution >= 4 is 0 Å². The van der Waals surface area contributed by atoms with Crippen molar-refractivity contribution in [1.29, 1.82) is 0 Å². The minimum Gasteiger partial charge on any atom is -0.396 e. The molecule has 0 saturated carbocycles. The molecule has 0 atom stereocenters. The van der Waals surface area contributed by atoms with Crippen LogP contribution in [-0.4, -0.2) is 24.8 Å². The molecule has 14 heavy (non-hydrogen) atoms. The Labute approximate surface area is 83.8 Å². The predicted octanol–water partition coefficient (Wildman–Crippen LogP) is 1.34. The summed E-state index contributed by atoms with van der Waals surface area (Å²) >= 11 is 0. The number of nitrogens with one attached hydrogen (secondary N) is 1. The lowest BCUT2D eigenvalue weighted by atomic mass is 10.1. The minimum absolute atomic E-state index is 0.183. The summed E-state index contributed by atoms with van der Waals surface area (Å²) in [6.45, 7) is 1.85. The van der Waals surface area contributed by atoms with Crippen LogP contribution in [0.3, 0.4) is 0 Å². The fourth-order valence-corrected chi connectivity index (χ4v) is 1.25. The van der Waals surface area contributed by atoms with E-state index in [2.05, 4.69) is 5.32 Å². The predicted molar refractivity (Wildman–Crippen MR) is 54.7 cm³/mol. The van der Waals surface area contributed by atoms with Gasteiger partial charge >= 0.3 is 0 Å². The lowest BCUT2D eigenvalue weighted by molar-refractivity contribution is 0.286. The second kappa shape index (κ2) is 6.51. The van der Waals surface area contributed by atoms with Crippen molar-refractivity contribution in [2.45, 2.75) is 12.8 Å². The molecule has 0 spiro atoms. The third-order valence-electron chi connectivity index (χ3n) is 1.99. The molecule has 0 aliphatic rings. The molecule has 1 rings (SSSR count). The summed E-state index contributed by atoms with van der Waals surface area (Å²) in [6.07, 6.45) is 1.59. The van der Waals surface area contributed by atoms with Gasteiger partial charge in [0.05, 0.1) is 0 Å². The topological polar surface area (TPSA) is 32.3 Å². The van der Waals surface area contributed by atoms with Crippen LogP contribution in [0, 0.1) is 5.82 Å². The third kappa shape index (κ3) is 4.35. The van der Waals surface area contributed by atoms with E-state index in [1.54, 1.807) is 12.1 Å². The van der Waals surface area contributed by atoms with Crippen LogP contribution in [-0.2, 0) is 6.42 Å². The van der Waals surface area contributed by atoms with Crippen LogP contribution >= 0.6 is 0 Å². The highest BCUT2D eigenvalue weighted by Gasteiger charge is 1.94. The summed E-state index contributed by atoms with van der Waals surface area (Å²) in [4.78, 5) is 0. The van der Waals surface area contributed by atoms with Gasteiger partial charge in [0.15, 0.2) is 0 Å². The van der Waals surface area contributed by atoms with E-state index < -0.39 is 0 Å². The van der Waals surface area contributed by atoms with Crippen molar-refractivity contribution in [1.82, 2.24) is 5.32 Å². The molecule has 0 saturated heterocycles. The van der Waals surface area contributed by atoms with Crippen LogP contribution in [0.25, 0.3) is 0 Å². The maximum Gasteiger partial charge on any atom is 0.123 e. The van der Waals surface area contributed by atoms with E-state index in [0.717, 1.165) is 31.5 Å². The first-order valence-electron chi connectivity index (χ1n) is 4.89. The van der Waals surface area contributed by atoms with Gasteiger partial charge in [0.2, 0.25) is 0 Å². The first-order chi connectivity index (χ1) is 6.83.